The number of benzene rings is 2. The number of nitrogens with zero attached hydrogens (tertiary/aromatic N) is 1. The summed E-state index contributed by atoms with van der Waals surface area (Å²) in [6.45, 7) is 0.591. The zero-order valence-corrected chi connectivity index (χ0v) is 15.2. The fourth-order valence-electron chi connectivity index (χ4n) is 2.14. The highest BCUT2D eigenvalue weighted by molar-refractivity contribution is 7.80. The summed E-state index contributed by atoms with van der Waals surface area (Å²) in [5, 5.41) is 7.64. The first-order valence-electron chi connectivity index (χ1n) is 7.58. The Hall–Kier alpha value is -2.80. The van der Waals surface area contributed by atoms with Gasteiger partial charge in [0.15, 0.2) is 16.6 Å². The van der Waals surface area contributed by atoms with Crippen LogP contribution in [0.1, 0.15) is 11.1 Å². The SMILES string of the molecule is COc1ccc(CNC(=S)NN=Cc2cccc(OC)c2OC)cc1. The molecule has 0 radical (unpaired) electrons. The van der Waals surface area contributed by atoms with E-state index in [0.717, 1.165) is 16.9 Å². The molecule has 0 aromatic heterocycles. The highest BCUT2D eigenvalue weighted by Crippen LogP contribution is 2.29. The molecule has 0 unspecified atom stereocenters. The smallest absolute Gasteiger partial charge is 0.187 e. The van der Waals surface area contributed by atoms with Crippen molar-refractivity contribution in [1.29, 1.82) is 0 Å². The summed E-state index contributed by atoms with van der Waals surface area (Å²) in [6, 6.07) is 13.3. The Morgan fingerprint density at radius 1 is 1.04 bits per heavy atom. The third-order valence-electron chi connectivity index (χ3n) is 3.42. The minimum Gasteiger partial charge on any atom is -0.497 e. The molecule has 0 atom stereocenters. The number of nitrogens with one attached hydrogen (secondary N) is 2. The van der Waals surface area contributed by atoms with Gasteiger partial charge < -0.3 is 19.5 Å². The lowest BCUT2D eigenvalue weighted by atomic mass is 10.2. The molecule has 0 aliphatic heterocycles. The van der Waals surface area contributed by atoms with Crippen molar-refractivity contribution >= 4 is 23.5 Å². The number of para-hydroxylation sites is 1. The van der Waals surface area contributed by atoms with Gasteiger partial charge in [-0.1, -0.05) is 18.2 Å². The third kappa shape index (κ3) is 5.36. The standard InChI is InChI=1S/C18H21N3O3S/c1-22-15-9-7-13(8-10-15)11-19-18(25)21-20-12-14-5-4-6-16(23-2)17(14)24-3/h4-10,12H,11H2,1-3H3,(H2,19,21,25). The number of hydrazone groups is 1. The number of hydrogen-bond donors (Lipinski definition) is 2. The zero-order valence-electron chi connectivity index (χ0n) is 14.4. The Labute approximate surface area is 152 Å². The lowest BCUT2D eigenvalue weighted by molar-refractivity contribution is 0.354. The van der Waals surface area contributed by atoms with E-state index in [-0.39, 0.29) is 0 Å². The van der Waals surface area contributed by atoms with Crippen LogP contribution in [-0.4, -0.2) is 32.7 Å². The fraction of sp³-hybridized carbons (Fsp3) is 0.222. The molecule has 2 aromatic carbocycles. The van der Waals surface area contributed by atoms with Gasteiger partial charge in [-0.3, -0.25) is 5.43 Å². The lowest BCUT2D eigenvalue weighted by Crippen LogP contribution is -2.31. The predicted molar refractivity (Wildman–Crippen MR) is 103 cm³/mol. The number of thiocarbonyl (C=S) groups is 1. The number of hydrogen-bond acceptors (Lipinski definition) is 5. The van der Waals surface area contributed by atoms with Gasteiger partial charge in [-0.05, 0) is 42.0 Å². The number of ether oxygens (including phenoxy) is 3. The topological polar surface area (TPSA) is 64.1 Å². The quantitative estimate of drug-likeness (QED) is 0.450. The van der Waals surface area contributed by atoms with E-state index in [4.69, 9.17) is 26.4 Å². The maximum atomic E-state index is 5.35. The second-order valence-electron chi connectivity index (χ2n) is 4.98. The van der Waals surface area contributed by atoms with Crippen molar-refractivity contribution in [3.8, 4) is 17.2 Å². The summed E-state index contributed by atoms with van der Waals surface area (Å²) in [4.78, 5) is 0. The van der Waals surface area contributed by atoms with Crippen LogP contribution in [0.2, 0.25) is 0 Å². The van der Waals surface area contributed by atoms with Gasteiger partial charge in [0, 0.05) is 12.1 Å². The van der Waals surface area contributed by atoms with Gasteiger partial charge in [0.2, 0.25) is 0 Å². The van der Waals surface area contributed by atoms with E-state index < -0.39 is 0 Å². The lowest BCUT2D eigenvalue weighted by Gasteiger charge is -2.10. The maximum Gasteiger partial charge on any atom is 0.187 e. The van der Waals surface area contributed by atoms with E-state index in [0.29, 0.717) is 23.2 Å². The van der Waals surface area contributed by atoms with Gasteiger partial charge in [-0.25, -0.2) is 0 Å². The Morgan fingerprint density at radius 2 is 1.80 bits per heavy atom. The summed E-state index contributed by atoms with van der Waals surface area (Å²) >= 11 is 5.21. The minimum atomic E-state index is 0.425. The van der Waals surface area contributed by atoms with E-state index in [1.807, 2.05) is 42.5 Å². The van der Waals surface area contributed by atoms with Crippen molar-refractivity contribution in [2.45, 2.75) is 6.54 Å². The Bertz CT molecular complexity index is 733. The maximum absolute atomic E-state index is 5.35. The molecule has 132 valence electrons. The van der Waals surface area contributed by atoms with Crippen LogP contribution in [0.25, 0.3) is 0 Å². The van der Waals surface area contributed by atoms with E-state index in [2.05, 4.69) is 15.8 Å². The molecule has 2 N–H and O–H groups in total. The van der Waals surface area contributed by atoms with Crippen LogP contribution < -0.4 is 25.0 Å². The fourth-order valence-corrected chi connectivity index (χ4v) is 2.26. The van der Waals surface area contributed by atoms with E-state index in [9.17, 15) is 0 Å². The summed E-state index contributed by atoms with van der Waals surface area (Å²) in [5.74, 6) is 2.08. The zero-order chi connectivity index (χ0) is 18.1. The minimum absolute atomic E-state index is 0.425. The Kier molecular flexibility index (Phi) is 7.03. The molecule has 0 amide bonds. The number of methoxy groups -OCH3 is 3. The average molecular weight is 359 g/mol. The van der Waals surface area contributed by atoms with Crippen molar-refractivity contribution in [1.82, 2.24) is 10.7 Å². The van der Waals surface area contributed by atoms with Crippen molar-refractivity contribution in [2.24, 2.45) is 5.10 Å². The molecule has 7 heteroatoms. The van der Waals surface area contributed by atoms with Crippen LogP contribution >= 0.6 is 12.2 Å². The second kappa shape index (κ2) is 9.48. The van der Waals surface area contributed by atoms with Crippen LogP contribution in [0.15, 0.2) is 47.6 Å². The molecule has 2 rings (SSSR count). The van der Waals surface area contributed by atoms with Crippen LogP contribution in [0.4, 0.5) is 0 Å². The predicted octanol–water partition coefficient (Wildman–Crippen LogP) is 2.71. The third-order valence-corrected chi connectivity index (χ3v) is 3.65. The van der Waals surface area contributed by atoms with Crippen molar-refractivity contribution in [3.05, 3.63) is 53.6 Å². The summed E-state index contributed by atoms with van der Waals surface area (Å²) in [7, 11) is 4.82. The first kappa shape index (κ1) is 18.5. The highest BCUT2D eigenvalue weighted by Gasteiger charge is 2.07. The van der Waals surface area contributed by atoms with Crippen LogP contribution in [0.3, 0.4) is 0 Å². The molecule has 0 aliphatic carbocycles. The first-order valence-corrected chi connectivity index (χ1v) is 7.99. The van der Waals surface area contributed by atoms with Gasteiger partial charge in [0.25, 0.3) is 0 Å². The van der Waals surface area contributed by atoms with Crippen molar-refractivity contribution in [2.75, 3.05) is 21.3 Å². The second-order valence-corrected chi connectivity index (χ2v) is 5.39. The van der Waals surface area contributed by atoms with Crippen LogP contribution in [-0.2, 0) is 6.54 Å². The van der Waals surface area contributed by atoms with Gasteiger partial charge in [-0.2, -0.15) is 5.10 Å². The van der Waals surface area contributed by atoms with Crippen LogP contribution in [0, 0.1) is 0 Å². The van der Waals surface area contributed by atoms with Gasteiger partial charge >= 0.3 is 0 Å². The van der Waals surface area contributed by atoms with E-state index >= 15 is 0 Å². The van der Waals surface area contributed by atoms with Gasteiger partial charge in [-0.15, -0.1) is 0 Å². The molecule has 0 heterocycles. The Morgan fingerprint density at radius 3 is 2.44 bits per heavy atom. The molecular formula is C18H21N3O3S. The Balaban J connectivity index is 1.88. The van der Waals surface area contributed by atoms with Crippen molar-refractivity contribution in [3.63, 3.8) is 0 Å². The molecule has 0 aliphatic rings. The summed E-state index contributed by atoms with van der Waals surface area (Å²) < 4.78 is 15.7. The van der Waals surface area contributed by atoms with Crippen molar-refractivity contribution < 1.29 is 14.2 Å². The average Bonchev–Trinajstić information content (AvgIpc) is 2.66. The molecule has 0 saturated carbocycles. The highest BCUT2D eigenvalue weighted by atomic mass is 32.1. The number of rotatable bonds is 7. The van der Waals surface area contributed by atoms with E-state index in [1.165, 1.54) is 0 Å². The molecule has 0 saturated heterocycles. The molecular weight excluding hydrogens is 338 g/mol. The van der Waals surface area contributed by atoms with Gasteiger partial charge in [0.1, 0.15) is 5.75 Å². The molecule has 0 bridgehead atoms. The normalized spacial score (nSPS) is 10.4. The molecule has 0 fully saturated rings. The molecule has 6 nitrogen and oxygen atoms in total. The molecule has 25 heavy (non-hydrogen) atoms. The summed E-state index contributed by atoms with van der Waals surface area (Å²) in [6.07, 6.45) is 1.63. The first-order chi connectivity index (χ1) is 12.2. The molecule has 2 aromatic rings. The summed E-state index contributed by atoms with van der Waals surface area (Å²) in [5.41, 5.74) is 4.65. The molecule has 0 spiro atoms. The largest absolute Gasteiger partial charge is 0.497 e. The van der Waals surface area contributed by atoms with E-state index in [1.54, 1.807) is 27.5 Å². The monoisotopic (exact) mass is 359 g/mol. The van der Waals surface area contributed by atoms with Crippen LogP contribution in [0.5, 0.6) is 17.2 Å². The van der Waals surface area contributed by atoms with Gasteiger partial charge in [0.05, 0.1) is 27.5 Å².